The maximum Gasteiger partial charge on any atom is 0.506 e. The van der Waals surface area contributed by atoms with E-state index in [2.05, 4.69) is 4.74 Å². The quantitative estimate of drug-likeness (QED) is 0.844. The van der Waals surface area contributed by atoms with E-state index in [0.29, 0.717) is 0 Å². The molecule has 1 N–H and O–H groups in total. The van der Waals surface area contributed by atoms with Crippen molar-refractivity contribution >= 4 is 11.7 Å². The first-order valence-electron chi connectivity index (χ1n) is 5.94. The van der Waals surface area contributed by atoms with E-state index < -0.39 is 6.16 Å². The van der Waals surface area contributed by atoms with Crippen LogP contribution in [0.1, 0.15) is 11.1 Å². The zero-order chi connectivity index (χ0) is 13.5. The molecule has 0 unspecified atom stereocenters. The molecule has 0 aromatic heterocycles. The minimum atomic E-state index is -1.27. The molecule has 3 nitrogen and oxygen atoms in total. The summed E-state index contributed by atoms with van der Waals surface area (Å²) in [6, 6.07) is 19.6. The van der Waals surface area contributed by atoms with Crippen molar-refractivity contribution in [2.45, 2.75) is 0 Å². The van der Waals surface area contributed by atoms with Crippen LogP contribution in [-0.4, -0.2) is 17.9 Å². The highest BCUT2D eigenvalue weighted by Gasteiger charge is 2.04. The summed E-state index contributed by atoms with van der Waals surface area (Å²) in [5.74, 6) is 0. The van der Waals surface area contributed by atoms with E-state index in [9.17, 15) is 4.79 Å². The summed E-state index contributed by atoms with van der Waals surface area (Å²) in [6.45, 7) is 0.0362. The summed E-state index contributed by atoms with van der Waals surface area (Å²) in [7, 11) is 0. The van der Waals surface area contributed by atoms with Gasteiger partial charge in [-0.3, -0.25) is 0 Å². The van der Waals surface area contributed by atoms with Crippen molar-refractivity contribution in [2.75, 3.05) is 6.61 Å². The fourth-order valence-corrected chi connectivity index (χ4v) is 1.83. The molecule has 0 fully saturated rings. The summed E-state index contributed by atoms with van der Waals surface area (Å²) in [6.07, 6.45) is 0.510. The Kier molecular flexibility index (Phi) is 4.34. The van der Waals surface area contributed by atoms with Crippen LogP contribution in [0.25, 0.3) is 5.57 Å². The summed E-state index contributed by atoms with van der Waals surface area (Å²) in [5, 5.41) is 8.52. The third kappa shape index (κ3) is 3.71. The van der Waals surface area contributed by atoms with Gasteiger partial charge >= 0.3 is 6.16 Å². The van der Waals surface area contributed by atoms with E-state index in [1.807, 2.05) is 60.7 Å². The molecule has 0 aliphatic carbocycles. The van der Waals surface area contributed by atoms with Crippen molar-refractivity contribution in [3.8, 4) is 0 Å². The maximum atomic E-state index is 10.4. The summed E-state index contributed by atoms with van der Waals surface area (Å²) in [4.78, 5) is 10.4. The van der Waals surface area contributed by atoms with Gasteiger partial charge in [-0.15, -0.1) is 0 Å². The Labute approximate surface area is 111 Å². The van der Waals surface area contributed by atoms with Crippen LogP contribution in [0, 0.1) is 0 Å². The van der Waals surface area contributed by atoms with Crippen molar-refractivity contribution in [2.24, 2.45) is 0 Å². The lowest BCUT2D eigenvalue weighted by atomic mass is 9.98. The molecule has 0 spiro atoms. The lowest BCUT2D eigenvalue weighted by molar-refractivity contribution is 0.102. The van der Waals surface area contributed by atoms with Gasteiger partial charge in [-0.2, -0.15) is 0 Å². The molecular weight excluding hydrogens is 240 g/mol. The molecule has 0 atom stereocenters. The first-order valence-corrected chi connectivity index (χ1v) is 5.94. The molecular formula is C16H14O3. The molecule has 2 rings (SSSR count). The predicted molar refractivity (Wildman–Crippen MR) is 73.9 cm³/mol. The molecule has 2 aromatic carbocycles. The van der Waals surface area contributed by atoms with Gasteiger partial charge < -0.3 is 9.84 Å². The Morgan fingerprint density at radius 2 is 1.42 bits per heavy atom. The Morgan fingerprint density at radius 3 is 1.84 bits per heavy atom. The lowest BCUT2D eigenvalue weighted by Crippen LogP contribution is -2.00. The number of ether oxygens (including phenoxy) is 1. The van der Waals surface area contributed by atoms with E-state index in [-0.39, 0.29) is 6.61 Å². The van der Waals surface area contributed by atoms with Gasteiger partial charge in [-0.25, -0.2) is 4.79 Å². The summed E-state index contributed by atoms with van der Waals surface area (Å²) in [5.41, 5.74) is 3.02. The molecule has 2 aromatic rings. The molecule has 0 aliphatic rings. The second-order valence-electron chi connectivity index (χ2n) is 3.93. The fraction of sp³-hybridized carbons (Fsp3) is 0.0625. The molecule has 0 heterocycles. The summed E-state index contributed by atoms with van der Waals surface area (Å²) < 4.78 is 4.56. The van der Waals surface area contributed by atoms with Gasteiger partial charge in [0.1, 0.15) is 6.61 Å². The molecule has 3 heteroatoms. The second kappa shape index (κ2) is 6.40. The third-order valence-corrected chi connectivity index (χ3v) is 2.66. The Hall–Kier alpha value is -2.55. The SMILES string of the molecule is O=C(O)OCC=C(c1ccccc1)c1ccccc1. The fourth-order valence-electron chi connectivity index (χ4n) is 1.83. The number of hydrogen-bond acceptors (Lipinski definition) is 2. The average Bonchev–Trinajstić information content (AvgIpc) is 2.45. The highest BCUT2D eigenvalue weighted by molar-refractivity contribution is 5.79. The lowest BCUT2D eigenvalue weighted by Gasteiger charge is -2.08. The Bertz CT molecular complexity index is 518. The minimum absolute atomic E-state index is 0.0362. The standard InChI is InChI=1S/C16H14O3/c17-16(18)19-12-11-15(13-7-3-1-4-8-13)14-9-5-2-6-10-14/h1-11H,12H2,(H,17,18). The number of carbonyl (C=O) groups is 1. The maximum absolute atomic E-state index is 10.4. The van der Waals surface area contributed by atoms with Crippen LogP contribution in [0.2, 0.25) is 0 Å². The molecule has 0 saturated heterocycles. The topological polar surface area (TPSA) is 46.5 Å². The van der Waals surface area contributed by atoms with Crippen molar-refractivity contribution in [3.05, 3.63) is 77.9 Å². The largest absolute Gasteiger partial charge is 0.506 e. The molecule has 19 heavy (non-hydrogen) atoms. The van der Waals surface area contributed by atoms with Gasteiger partial charge in [0, 0.05) is 0 Å². The van der Waals surface area contributed by atoms with E-state index in [1.54, 1.807) is 6.08 Å². The molecule has 0 saturated carbocycles. The van der Waals surface area contributed by atoms with Crippen molar-refractivity contribution in [1.29, 1.82) is 0 Å². The number of benzene rings is 2. The van der Waals surface area contributed by atoms with E-state index in [4.69, 9.17) is 5.11 Å². The monoisotopic (exact) mass is 254 g/mol. The van der Waals surface area contributed by atoms with Crippen molar-refractivity contribution < 1.29 is 14.6 Å². The van der Waals surface area contributed by atoms with Crippen LogP contribution in [0.15, 0.2) is 66.7 Å². The smallest absolute Gasteiger partial charge is 0.450 e. The van der Waals surface area contributed by atoms with Crippen molar-refractivity contribution in [3.63, 3.8) is 0 Å². The van der Waals surface area contributed by atoms with Crippen LogP contribution < -0.4 is 0 Å². The van der Waals surface area contributed by atoms with Crippen LogP contribution in [0.5, 0.6) is 0 Å². The van der Waals surface area contributed by atoms with Crippen molar-refractivity contribution in [1.82, 2.24) is 0 Å². The average molecular weight is 254 g/mol. The molecule has 0 bridgehead atoms. The van der Waals surface area contributed by atoms with Crippen LogP contribution in [-0.2, 0) is 4.74 Å². The zero-order valence-electron chi connectivity index (χ0n) is 10.3. The normalized spacial score (nSPS) is 9.68. The molecule has 96 valence electrons. The number of hydrogen-bond donors (Lipinski definition) is 1. The molecule has 0 radical (unpaired) electrons. The Morgan fingerprint density at radius 1 is 0.947 bits per heavy atom. The van der Waals surface area contributed by atoms with Gasteiger partial charge in [0.25, 0.3) is 0 Å². The van der Waals surface area contributed by atoms with Crippen LogP contribution in [0.4, 0.5) is 4.79 Å². The van der Waals surface area contributed by atoms with Gasteiger partial charge in [-0.05, 0) is 22.8 Å². The zero-order valence-corrected chi connectivity index (χ0v) is 10.3. The van der Waals surface area contributed by atoms with Crippen LogP contribution in [0.3, 0.4) is 0 Å². The highest BCUT2D eigenvalue weighted by atomic mass is 16.7. The van der Waals surface area contributed by atoms with E-state index in [1.165, 1.54) is 0 Å². The first kappa shape index (κ1) is 12.9. The predicted octanol–water partition coefficient (Wildman–Crippen LogP) is 3.81. The Balaban J connectivity index is 2.31. The molecule has 0 aliphatic heterocycles. The number of rotatable bonds is 4. The number of carboxylic acid groups (broad SMARTS) is 1. The van der Waals surface area contributed by atoms with E-state index in [0.717, 1.165) is 16.7 Å². The highest BCUT2D eigenvalue weighted by Crippen LogP contribution is 2.22. The first-order chi connectivity index (χ1) is 9.27. The van der Waals surface area contributed by atoms with Gasteiger partial charge in [0.05, 0.1) is 0 Å². The van der Waals surface area contributed by atoms with Crippen LogP contribution >= 0.6 is 0 Å². The summed E-state index contributed by atoms with van der Waals surface area (Å²) >= 11 is 0. The second-order valence-corrected chi connectivity index (χ2v) is 3.93. The van der Waals surface area contributed by atoms with Gasteiger partial charge in [0.2, 0.25) is 0 Å². The van der Waals surface area contributed by atoms with Gasteiger partial charge in [0.15, 0.2) is 0 Å². The van der Waals surface area contributed by atoms with Gasteiger partial charge in [-0.1, -0.05) is 60.7 Å². The minimum Gasteiger partial charge on any atom is -0.450 e. The van der Waals surface area contributed by atoms with E-state index >= 15 is 0 Å². The third-order valence-electron chi connectivity index (χ3n) is 2.66. The molecule has 0 amide bonds.